The number of rotatable bonds is 14. The SMILES string of the molecule is Cc1cc(O)cc(C)c1CCC(=O)N(CCc1ccc2c(c1)CCO2)CC(O)[C@H](Cc1ccccc1)NC(=O)c1ccc(C=O)c(C)c1O. The number of nitrogens with zero attached hydrogens (tertiary/aromatic N) is 1. The van der Waals surface area contributed by atoms with Crippen molar-refractivity contribution in [1.29, 1.82) is 0 Å². The Morgan fingerprint density at radius 1 is 0.939 bits per heavy atom. The third kappa shape index (κ3) is 8.66. The lowest BCUT2D eigenvalue weighted by atomic mass is 9.97. The number of carbonyl (C=O) groups is 3. The number of aliphatic hydroxyl groups is 1. The second kappa shape index (κ2) is 15.8. The maximum atomic E-state index is 13.9. The number of hydrogen-bond acceptors (Lipinski definition) is 7. The highest BCUT2D eigenvalue weighted by Crippen LogP contribution is 2.27. The molecule has 4 aromatic carbocycles. The highest BCUT2D eigenvalue weighted by Gasteiger charge is 2.28. The zero-order valence-corrected chi connectivity index (χ0v) is 28.2. The van der Waals surface area contributed by atoms with Gasteiger partial charge in [-0.25, -0.2) is 0 Å². The molecule has 9 nitrogen and oxygen atoms in total. The Morgan fingerprint density at radius 2 is 1.67 bits per heavy atom. The number of fused-ring (bicyclic) bond motifs is 1. The number of aldehydes is 1. The zero-order valence-electron chi connectivity index (χ0n) is 28.2. The number of aryl methyl sites for hydroxylation is 2. The van der Waals surface area contributed by atoms with Gasteiger partial charge in [0.15, 0.2) is 0 Å². The van der Waals surface area contributed by atoms with Gasteiger partial charge in [0, 0.05) is 37.1 Å². The minimum absolute atomic E-state index is 0.0125. The summed E-state index contributed by atoms with van der Waals surface area (Å²) in [6.45, 7) is 6.35. The van der Waals surface area contributed by atoms with Crippen LogP contribution in [0.3, 0.4) is 0 Å². The fraction of sp³-hybridized carbons (Fsp3) is 0.325. The molecule has 0 fully saturated rings. The number of phenols is 2. The minimum Gasteiger partial charge on any atom is -0.508 e. The van der Waals surface area contributed by atoms with Gasteiger partial charge in [-0.05, 0) is 97.7 Å². The van der Waals surface area contributed by atoms with Crippen molar-refractivity contribution >= 4 is 18.1 Å². The van der Waals surface area contributed by atoms with Gasteiger partial charge in [0.2, 0.25) is 5.91 Å². The van der Waals surface area contributed by atoms with E-state index < -0.39 is 18.1 Å². The van der Waals surface area contributed by atoms with Crippen molar-refractivity contribution in [3.63, 3.8) is 0 Å². The fourth-order valence-corrected chi connectivity index (χ4v) is 6.51. The second-order valence-corrected chi connectivity index (χ2v) is 12.8. The summed E-state index contributed by atoms with van der Waals surface area (Å²) in [5, 5.41) is 35.4. The summed E-state index contributed by atoms with van der Waals surface area (Å²) in [5.41, 5.74) is 6.43. The number of carbonyl (C=O) groups excluding carboxylic acids is 3. The van der Waals surface area contributed by atoms with Crippen LogP contribution in [0.5, 0.6) is 17.2 Å². The molecular formula is C40H44N2O7. The Bertz CT molecular complexity index is 1800. The highest BCUT2D eigenvalue weighted by atomic mass is 16.5. The highest BCUT2D eigenvalue weighted by molar-refractivity contribution is 5.98. The zero-order chi connectivity index (χ0) is 35.1. The lowest BCUT2D eigenvalue weighted by Crippen LogP contribution is -2.51. The molecule has 2 amide bonds. The molecule has 49 heavy (non-hydrogen) atoms. The molecular weight excluding hydrogens is 620 g/mol. The largest absolute Gasteiger partial charge is 0.508 e. The molecule has 0 bridgehead atoms. The van der Waals surface area contributed by atoms with Crippen molar-refractivity contribution in [2.24, 2.45) is 0 Å². The van der Waals surface area contributed by atoms with Crippen LogP contribution in [-0.4, -0.2) is 70.2 Å². The summed E-state index contributed by atoms with van der Waals surface area (Å²) in [6, 6.07) is 20.9. The van der Waals surface area contributed by atoms with Crippen LogP contribution in [0.4, 0.5) is 0 Å². The number of aromatic hydroxyl groups is 2. The van der Waals surface area contributed by atoms with Gasteiger partial charge >= 0.3 is 0 Å². The van der Waals surface area contributed by atoms with Crippen LogP contribution in [0.2, 0.25) is 0 Å². The van der Waals surface area contributed by atoms with Crippen LogP contribution in [0.25, 0.3) is 0 Å². The Kier molecular flexibility index (Phi) is 11.4. The summed E-state index contributed by atoms with van der Waals surface area (Å²) in [5.74, 6) is 0.0244. The Morgan fingerprint density at radius 3 is 2.39 bits per heavy atom. The van der Waals surface area contributed by atoms with E-state index in [1.54, 1.807) is 24.0 Å². The van der Waals surface area contributed by atoms with Gasteiger partial charge in [0.05, 0.1) is 24.3 Å². The summed E-state index contributed by atoms with van der Waals surface area (Å²) in [7, 11) is 0. The predicted molar refractivity (Wildman–Crippen MR) is 187 cm³/mol. The van der Waals surface area contributed by atoms with E-state index in [-0.39, 0.29) is 53.5 Å². The first kappa shape index (κ1) is 35.2. The van der Waals surface area contributed by atoms with Gasteiger partial charge in [0.25, 0.3) is 5.91 Å². The van der Waals surface area contributed by atoms with Crippen LogP contribution in [-0.2, 0) is 30.5 Å². The first-order chi connectivity index (χ1) is 23.5. The molecule has 4 N–H and O–H groups in total. The van der Waals surface area contributed by atoms with E-state index >= 15 is 0 Å². The topological polar surface area (TPSA) is 136 Å². The second-order valence-electron chi connectivity index (χ2n) is 12.8. The molecule has 0 radical (unpaired) electrons. The number of amides is 2. The molecule has 0 aromatic heterocycles. The predicted octanol–water partition coefficient (Wildman–Crippen LogP) is 5.18. The molecule has 9 heteroatoms. The Balaban J connectivity index is 1.38. The van der Waals surface area contributed by atoms with E-state index in [1.807, 2.05) is 56.3 Å². The molecule has 2 atom stereocenters. The van der Waals surface area contributed by atoms with E-state index in [0.29, 0.717) is 32.3 Å². The van der Waals surface area contributed by atoms with Gasteiger partial charge in [-0.2, -0.15) is 0 Å². The smallest absolute Gasteiger partial charge is 0.255 e. The van der Waals surface area contributed by atoms with Crippen LogP contribution < -0.4 is 10.1 Å². The quantitative estimate of drug-likeness (QED) is 0.137. The summed E-state index contributed by atoms with van der Waals surface area (Å²) >= 11 is 0. The normalized spacial score (nSPS) is 13.2. The minimum atomic E-state index is -1.16. The number of ether oxygens (including phenoxy) is 1. The molecule has 1 aliphatic heterocycles. The van der Waals surface area contributed by atoms with Crippen LogP contribution in [0, 0.1) is 20.8 Å². The van der Waals surface area contributed by atoms with Gasteiger partial charge in [-0.3, -0.25) is 14.4 Å². The standard InChI is InChI=1S/C40H44N2O7/c1-25-19-32(44)20-26(2)33(25)12-14-38(46)42(17-15-29-9-13-37-30(21-29)16-18-49-37)23-36(45)35(22-28-7-5-4-6-8-28)41-40(48)34-11-10-31(24-43)27(3)39(34)47/h4-11,13,19-21,24,35-36,44-45,47H,12,14-18,22-23H2,1-3H3,(H,41,48)/t35-,36?/m0/s1. The summed E-state index contributed by atoms with van der Waals surface area (Å²) in [4.78, 5) is 40.4. The molecule has 0 spiro atoms. The van der Waals surface area contributed by atoms with Gasteiger partial charge < -0.3 is 30.3 Å². The van der Waals surface area contributed by atoms with Gasteiger partial charge in [-0.1, -0.05) is 48.5 Å². The lowest BCUT2D eigenvalue weighted by Gasteiger charge is -2.31. The number of aliphatic hydroxyl groups excluding tert-OH is 1. The van der Waals surface area contributed by atoms with Crippen LogP contribution in [0.15, 0.2) is 72.8 Å². The number of phenolic OH excluding ortho intramolecular Hbond substituents is 2. The van der Waals surface area contributed by atoms with Crippen molar-refractivity contribution < 1.29 is 34.4 Å². The molecule has 1 aliphatic rings. The Hall–Kier alpha value is -5.15. The molecule has 256 valence electrons. The monoisotopic (exact) mass is 664 g/mol. The van der Waals surface area contributed by atoms with Crippen LogP contribution >= 0.6 is 0 Å². The van der Waals surface area contributed by atoms with Gasteiger partial charge in [-0.15, -0.1) is 0 Å². The van der Waals surface area contributed by atoms with E-state index in [1.165, 1.54) is 12.1 Å². The molecule has 5 rings (SSSR count). The molecule has 1 unspecified atom stereocenters. The van der Waals surface area contributed by atoms with Crippen molar-refractivity contribution in [3.05, 3.63) is 123 Å². The van der Waals surface area contributed by atoms with E-state index in [9.17, 15) is 29.7 Å². The number of hydrogen-bond donors (Lipinski definition) is 4. The average Bonchev–Trinajstić information content (AvgIpc) is 3.55. The third-order valence-corrected chi connectivity index (χ3v) is 9.38. The molecule has 0 aliphatic carbocycles. The van der Waals surface area contributed by atoms with Crippen molar-refractivity contribution in [2.75, 3.05) is 19.7 Å². The molecule has 0 saturated carbocycles. The Labute approximate surface area is 287 Å². The summed E-state index contributed by atoms with van der Waals surface area (Å²) < 4.78 is 5.66. The third-order valence-electron chi connectivity index (χ3n) is 9.38. The first-order valence-corrected chi connectivity index (χ1v) is 16.7. The van der Waals surface area contributed by atoms with Crippen molar-refractivity contribution in [3.8, 4) is 17.2 Å². The van der Waals surface area contributed by atoms with Crippen molar-refractivity contribution in [2.45, 2.75) is 65.0 Å². The number of benzene rings is 4. The maximum Gasteiger partial charge on any atom is 0.255 e. The first-order valence-electron chi connectivity index (χ1n) is 16.7. The van der Waals surface area contributed by atoms with Crippen LogP contribution in [0.1, 0.15) is 66.1 Å². The molecule has 1 heterocycles. The molecule has 4 aromatic rings. The van der Waals surface area contributed by atoms with Crippen molar-refractivity contribution in [1.82, 2.24) is 10.2 Å². The number of nitrogens with one attached hydrogen (secondary N) is 1. The lowest BCUT2D eigenvalue weighted by molar-refractivity contribution is -0.132. The maximum absolute atomic E-state index is 13.9. The van der Waals surface area contributed by atoms with E-state index in [4.69, 9.17) is 4.74 Å². The summed E-state index contributed by atoms with van der Waals surface area (Å²) in [6.07, 6.45) is 1.81. The van der Waals surface area contributed by atoms with E-state index in [2.05, 4.69) is 11.4 Å². The van der Waals surface area contributed by atoms with Gasteiger partial charge in [0.1, 0.15) is 23.5 Å². The molecule has 0 saturated heterocycles. The van der Waals surface area contributed by atoms with E-state index in [0.717, 1.165) is 45.6 Å². The fourth-order valence-electron chi connectivity index (χ4n) is 6.51. The average molecular weight is 665 g/mol.